The number of ether oxygens (including phenoxy) is 1. The van der Waals surface area contributed by atoms with Crippen LogP contribution < -0.4 is 4.74 Å². The zero-order chi connectivity index (χ0) is 21.2. The molecule has 1 N–H and O–H groups in total. The molecule has 1 aliphatic rings. The van der Waals surface area contributed by atoms with Crippen molar-refractivity contribution in [3.63, 3.8) is 0 Å². The van der Waals surface area contributed by atoms with Crippen LogP contribution in [0.2, 0.25) is 0 Å². The lowest BCUT2D eigenvalue weighted by molar-refractivity contribution is -0.165. The molecule has 1 atom stereocenters. The molecule has 0 saturated carbocycles. The summed E-state index contributed by atoms with van der Waals surface area (Å²) in [4.78, 5) is 0. The molecule has 152 valence electrons. The molecule has 0 spiro atoms. The second-order valence-corrected chi connectivity index (χ2v) is 6.12. The zero-order valence-corrected chi connectivity index (χ0v) is 13.6. The molecule has 0 heterocycles. The van der Waals surface area contributed by atoms with Gasteiger partial charge in [0.1, 0.15) is 23.4 Å². The van der Waals surface area contributed by atoms with Crippen LogP contribution in [0.15, 0.2) is 24.3 Å². The number of aliphatic hydroxyl groups is 1. The molecule has 1 aliphatic carbocycles. The van der Waals surface area contributed by atoms with E-state index in [-0.39, 0.29) is 6.07 Å². The molecule has 2 nitrogen and oxygen atoms in total. The SMILES string of the molecule is Cc1cc(Oc2ccc(C(F)(F)F)c3c2C(F)(F)C3O)cc(F)c1C(F)(F)F. The lowest BCUT2D eigenvalue weighted by Crippen LogP contribution is -2.38. The van der Waals surface area contributed by atoms with Crippen molar-refractivity contribution in [1.82, 2.24) is 0 Å². The summed E-state index contributed by atoms with van der Waals surface area (Å²) in [5.74, 6) is -7.27. The maximum absolute atomic E-state index is 13.9. The van der Waals surface area contributed by atoms with Gasteiger partial charge in [-0.15, -0.1) is 0 Å². The van der Waals surface area contributed by atoms with Gasteiger partial charge in [-0.2, -0.15) is 35.1 Å². The van der Waals surface area contributed by atoms with Crippen molar-refractivity contribution >= 4 is 0 Å². The minimum atomic E-state index is -5.03. The van der Waals surface area contributed by atoms with Crippen LogP contribution in [0.4, 0.5) is 39.5 Å². The van der Waals surface area contributed by atoms with Crippen molar-refractivity contribution < 1.29 is 49.4 Å². The molecule has 0 saturated heterocycles. The van der Waals surface area contributed by atoms with E-state index in [1.165, 1.54) is 0 Å². The summed E-state index contributed by atoms with van der Waals surface area (Å²) in [6.45, 7) is 0.905. The summed E-state index contributed by atoms with van der Waals surface area (Å²) >= 11 is 0. The molecule has 11 heteroatoms. The monoisotopic (exact) mass is 416 g/mol. The van der Waals surface area contributed by atoms with E-state index in [4.69, 9.17) is 4.74 Å². The molecule has 0 amide bonds. The molecule has 0 fully saturated rings. The first-order chi connectivity index (χ1) is 12.7. The smallest absolute Gasteiger partial charge is 0.419 e. The third-order valence-electron chi connectivity index (χ3n) is 4.24. The summed E-state index contributed by atoms with van der Waals surface area (Å²) in [7, 11) is 0. The van der Waals surface area contributed by atoms with E-state index in [2.05, 4.69) is 0 Å². The van der Waals surface area contributed by atoms with E-state index in [1.807, 2.05) is 0 Å². The Balaban J connectivity index is 2.08. The average molecular weight is 416 g/mol. The summed E-state index contributed by atoms with van der Waals surface area (Å²) in [6.07, 6.45) is -12.8. The van der Waals surface area contributed by atoms with Gasteiger partial charge in [0.25, 0.3) is 0 Å². The summed E-state index contributed by atoms with van der Waals surface area (Å²) in [5, 5.41) is 9.39. The topological polar surface area (TPSA) is 29.5 Å². The third-order valence-corrected chi connectivity index (χ3v) is 4.24. The van der Waals surface area contributed by atoms with Crippen molar-refractivity contribution in [2.45, 2.75) is 31.3 Å². The van der Waals surface area contributed by atoms with Gasteiger partial charge in [-0.3, -0.25) is 0 Å². The summed E-state index contributed by atoms with van der Waals surface area (Å²) in [6, 6.07) is 1.92. The first-order valence-electron chi connectivity index (χ1n) is 7.51. The Kier molecular flexibility index (Phi) is 4.37. The van der Waals surface area contributed by atoms with Crippen LogP contribution in [0.5, 0.6) is 11.5 Å². The van der Waals surface area contributed by atoms with Gasteiger partial charge in [-0.25, -0.2) is 4.39 Å². The van der Waals surface area contributed by atoms with Crippen molar-refractivity contribution in [3.8, 4) is 11.5 Å². The normalized spacial score (nSPS) is 18.5. The van der Waals surface area contributed by atoms with Gasteiger partial charge in [-0.1, -0.05) is 0 Å². The standard InChI is InChI=1S/C17H9F9O2/c1-6-4-7(5-9(18)12(6)17(24,25)26)28-10-3-2-8(16(21,22)23)11-13(10)15(19,20)14(11)27/h2-5,14,27H,1H3. The first kappa shape index (κ1) is 20.3. The van der Waals surface area contributed by atoms with Crippen LogP contribution in [0.3, 0.4) is 0 Å². The Morgan fingerprint density at radius 3 is 2.11 bits per heavy atom. The van der Waals surface area contributed by atoms with Gasteiger partial charge in [0, 0.05) is 11.6 Å². The van der Waals surface area contributed by atoms with E-state index < -0.39 is 69.5 Å². The fraction of sp³-hybridized carbons (Fsp3) is 0.294. The number of benzene rings is 2. The molecule has 0 aromatic heterocycles. The van der Waals surface area contributed by atoms with Crippen LogP contribution in [-0.2, 0) is 18.3 Å². The number of hydrogen-bond acceptors (Lipinski definition) is 2. The number of aryl methyl sites for hydroxylation is 1. The van der Waals surface area contributed by atoms with Gasteiger partial charge < -0.3 is 9.84 Å². The predicted octanol–water partition coefficient (Wildman–Crippen LogP) is 6.10. The summed E-state index contributed by atoms with van der Waals surface area (Å²) in [5.41, 5.74) is -6.05. The molecule has 0 aliphatic heterocycles. The van der Waals surface area contributed by atoms with Crippen LogP contribution in [-0.4, -0.2) is 5.11 Å². The second kappa shape index (κ2) is 6.03. The molecule has 3 rings (SSSR count). The minimum absolute atomic E-state index is 0.285. The maximum atomic E-state index is 13.9. The predicted molar refractivity (Wildman–Crippen MR) is 76.5 cm³/mol. The third kappa shape index (κ3) is 3.07. The van der Waals surface area contributed by atoms with E-state index in [1.54, 1.807) is 0 Å². The van der Waals surface area contributed by atoms with Gasteiger partial charge in [-0.05, 0) is 30.7 Å². The number of fused-ring (bicyclic) bond motifs is 1. The Morgan fingerprint density at radius 2 is 1.61 bits per heavy atom. The van der Waals surface area contributed by atoms with Crippen LogP contribution in [0.1, 0.15) is 33.9 Å². The maximum Gasteiger partial charge on any atom is 0.419 e. The number of halogens is 9. The van der Waals surface area contributed by atoms with E-state index in [9.17, 15) is 44.6 Å². The van der Waals surface area contributed by atoms with Crippen molar-refractivity contribution in [3.05, 3.63) is 57.9 Å². The van der Waals surface area contributed by atoms with Gasteiger partial charge >= 0.3 is 18.3 Å². The average Bonchev–Trinajstić information content (AvgIpc) is 2.50. The fourth-order valence-corrected chi connectivity index (χ4v) is 3.06. The molecule has 0 bridgehead atoms. The minimum Gasteiger partial charge on any atom is -0.457 e. The Morgan fingerprint density at radius 1 is 1.00 bits per heavy atom. The van der Waals surface area contributed by atoms with Crippen molar-refractivity contribution in [2.24, 2.45) is 0 Å². The highest BCUT2D eigenvalue weighted by atomic mass is 19.4. The lowest BCUT2D eigenvalue weighted by Gasteiger charge is -2.38. The largest absolute Gasteiger partial charge is 0.457 e. The molecule has 2 aromatic rings. The van der Waals surface area contributed by atoms with Crippen LogP contribution in [0.25, 0.3) is 0 Å². The fourth-order valence-electron chi connectivity index (χ4n) is 3.06. The number of hydrogen-bond donors (Lipinski definition) is 1. The van der Waals surface area contributed by atoms with Crippen molar-refractivity contribution in [1.29, 1.82) is 0 Å². The van der Waals surface area contributed by atoms with Crippen molar-refractivity contribution in [2.75, 3.05) is 0 Å². The first-order valence-corrected chi connectivity index (χ1v) is 7.51. The number of rotatable bonds is 2. The second-order valence-electron chi connectivity index (χ2n) is 6.12. The Bertz CT molecular complexity index is 922. The highest BCUT2D eigenvalue weighted by Gasteiger charge is 2.59. The molecule has 1 unspecified atom stereocenters. The van der Waals surface area contributed by atoms with E-state index >= 15 is 0 Å². The lowest BCUT2D eigenvalue weighted by atomic mass is 9.77. The van der Waals surface area contributed by atoms with Gasteiger partial charge in [0.05, 0.1) is 16.7 Å². The zero-order valence-electron chi connectivity index (χ0n) is 13.6. The molecule has 28 heavy (non-hydrogen) atoms. The van der Waals surface area contributed by atoms with Gasteiger partial charge in [0.15, 0.2) is 0 Å². The number of aliphatic hydroxyl groups excluding tert-OH is 1. The van der Waals surface area contributed by atoms with Crippen LogP contribution in [0, 0.1) is 12.7 Å². The van der Waals surface area contributed by atoms with Crippen LogP contribution >= 0.6 is 0 Å². The Hall–Kier alpha value is -2.43. The van der Waals surface area contributed by atoms with Gasteiger partial charge in [0.2, 0.25) is 0 Å². The number of alkyl halides is 8. The van der Waals surface area contributed by atoms with E-state index in [0.717, 1.165) is 6.92 Å². The molecular formula is C17H9F9O2. The molecular weight excluding hydrogens is 407 g/mol. The highest BCUT2D eigenvalue weighted by molar-refractivity contribution is 5.58. The molecule has 0 radical (unpaired) electrons. The quantitative estimate of drug-likeness (QED) is 0.600. The summed E-state index contributed by atoms with van der Waals surface area (Å²) < 4.78 is 124. The Labute approximate surface area is 151 Å². The highest BCUT2D eigenvalue weighted by Crippen LogP contribution is 2.59. The molecule has 2 aromatic carbocycles. The van der Waals surface area contributed by atoms with E-state index in [0.29, 0.717) is 18.2 Å².